The third-order valence-corrected chi connectivity index (χ3v) is 1.42. The van der Waals surface area contributed by atoms with Crippen molar-refractivity contribution < 1.29 is 4.79 Å². The summed E-state index contributed by atoms with van der Waals surface area (Å²) in [5, 5.41) is 0. The second-order valence-electron chi connectivity index (χ2n) is 2.30. The largest absolute Gasteiger partial charge is 0.300 e. The minimum Gasteiger partial charge on any atom is -0.300 e. The zero-order chi connectivity index (χ0) is 7.82. The van der Waals surface area contributed by atoms with Gasteiger partial charge in [0.05, 0.1) is 0 Å². The zero-order valence-electron chi connectivity index (χ0n) is 6.52. The summed E-state index contributed by atoms with van der Waals surface area (Å²) in [6, 6.07) is 0. The van der Waals surface area contributed by atoms with Crippen LogP contribution in [0.5, 0.6) is 0 Å². The maximum absolute atomic E-state index is 10.7. The lowest BCUT2D eigenvalue weighted by Crippen LogP contribution is -2.22. The molecule has 0 aliphatic heterocycles. The highest BCUT2D eigenvalue weighted by Gasteiger charge is 1.95. The molecule has 0 aromatic carbocycles. The highest BCUT2D eigenvalue weighted by molar-refractivity contribution is 5.77. The van der Waals surface area contributed by atoms with Gasteiger partial charge in [0.1, 0.15) is 5.78 Å². The summed E-state index contributed by atoms with van der Waals surface area (Å²) in [7, 11) is 0. The maximum Gasteiger partial charge on any atom is 0.132 e. The summed E-state index contributed by atoms with van der Waals surface area (Å²) in [6.07, 6.45) is 3.31. The number of rotatable bonds is 6. The van der Waals surface area contributed by atoms with Crippen molar-refractivity contribution in [3.8, 4) is 0 Å². The number of carbonyl (C=O) groups excluding carboxylic acids is 1. The fourth-order valence-corrected chi connectivity index (χ4v) is 0.726. The Morgan fingerprint density at radius 2 is 2.20 bits per heavy atom. The van der Waals surface area contributed by atoms with Crippen molar-refractivity contribution in [1.29, 1.82) is 0 Å². The first-order chi connectivity index (χ1) is 4.81. The first-order valence-electron chi connectivity index (χ1n) is 3.76. The van der Waals surface area contributed by atoms with Crippen molar-refractivity contribution in [2.75, 3.05) is 6.54 Å². The van der Waals surface area contributed by atoms with E-state index in [1.807, 2.05) is 6.92 Å². The molecule has 0 saturated heterocycles. The van der Waals surface area contributed by atoms with E-state index in [-0.39, 0.29) is 0 Å². The van der Waals surface area contributed by atoms with Crippen LogP contribution in [0.3, 0.4) is 0 Å². The molecule has 10 heavy (non-hydrogen) atoms. The van der Waals surface area contributed by atoms with Gasteiger partial charge in [-0.15, -0.1) is 0 Å². The molecule has 0 aromatic heterocycles. The number of carbonyl (C=O) groups is 1. The molecule has 0 aliphatic rings. The summed E-state index contributed by atoms with van der Waals surface area (Å²) >= 11 is 0. The number of hydrazine groups is 1. The molecule has 0 aromatic rings. The highest BCUT2D eigenvalue weighted by Crippen LogP contribution is 1.96. The summed E-state index contributed by atoms with van der Waals surface area (Å²) in [6.45, 7) is 2.69. The monoisotopic (exact) mass is 144 g/mol. The molecular formula is C7H16N2O. The van der Waals surface area contributed by atoms with Crippen molar-refractivity contribution >= 4 is 5.78 Å². The molecule has 3 N–H and O–H groups in total. The maximum atomic E-state index is 10.7. The van der Waals surface area contributed by atoms with Gasteiger partial charge in [-0.2, -0.15) is 0 Å². The lowest BCUT2D eigenvalue weighted by molar-refractivity contribution is -0.118. The number of unbranched alkanes of at least 4 members (excludes halogenated alkanes) is 1. The number of hydrogen-bond donors (Lipinski definition) is 2. The van der Waals surface area contributed by atoms with E-state index in [0.29, 0.717) is 18.6 Å². The van der Waals surface area contributed by atoms with E-state index in [1.54, 1.807) is 0 Å². The minimum atomic E-state index is 0.344. The normalized spacial score (nSPS) is 9.80. The Bertz CT molecular complexity index is 93.6. The van der Waals surface area contributed by atoms with Crippen LogP contribution in [0, 0.1) is 0 Å². The van der Waals surface area contributed by atoms with Crippen LogP contribution in [0.4, 0.5) is 0 Å². The van der Waals surface area contributed by atoms with Crippen LogP contribution in [0.2, 0.25) is 0 Å². The smallest absolute Gasteiger partial charge is 0.132 e. The number of ketones is 1. The molecule has 0 fully saturated rings. The van der Waals surface area contributed by atoms with Gasteiger partial charge in [0.2, 0.25) is 0 Å². The number of nitrogens with two attached hydrogens (primary N) is 1. The average molecular weight is 144 g/mol. The second kappa shape index (κ2) is 6.71. The fourth-order valence-electron chi connectivity index (χ4n) is 0.726. The van der Waals surface area contributed by atoms with Crippen molar-refractivity contribution in [2.24, 2.45) is 5.84 Å². The Kier molecular flexibility index (Phi) is 6.43. The topological polar surface area (TPSA) is 55.1 Å². The predicted molar refractivity (Wildman–Crippen MR) is 41.3 cm³/mol. The number of Topliss-reactive ketones (excluding diaryl/α,β-unsaturated/α-hetero) is 1. The van der Waals surface area contributed by atoms with Crippen molar-refractivity contribution in [1.82, 2.24) is 5.43 Å². The molecule has 0 radical (unpaired) electrons. The Morgan fingerprint density at radius 1 is 1.50 bits per heavy atom. The fraction of sp³-hybridized carbons (Fsp3) is 0.857. The SMILES string of the molecule is CCC(=O)CCCCNN. The van der Waals surface area contributed by atoms with Gasteiger partial charge >= 0.3 is 0 Å². The number of nitrogens with one attached hydrogen (secondary N) is 1. The minimum absolute atomic E-state index is 0.344. The molecule has 0 rings (SSSR count). The van der Waals surface area contributed by atoms with Gasteiger partial charge in [-0.25, -0.2) is 0 Å². The van der Waals surface area contributed by atoms with E-state index in [9.17, 15) is 4.79 Å². The predicted octanol–water partition coefficient (Wildman–Crippen LogP) is 0.599. The van der Waals surface area contributed by atoms with Gasteiger partial charge in [0.25, 0.3) is 0 Å². The molecule has 60 valence electrons. The molecule has 0 atom stereocenters. The van der Waals surface area contributed by atoms with Crippen LogP contribution >= 0.6 is 0 Å². The van der Waals surface area contributed by atoms with Gasteiger partial charge < -0.3 is 0 Å². The molecule has 0 unspecified atom stereocenters. The average Bonchev–Trinajstić information content (AvgIpc) is 1.98. The molecule has 0 aliphatic carbocycles. The third kappa shape index (κ3) is 5.72. The van der Waals surface area contributed by atoms with E-state index >= 15 is 0 Å². The first-order valence-corrected chi connectivity index (χ1v) is 3.76. The van der Waals surface area contributed by atoms with Gasteiger partial charge in [-0.05, 0) is 12.8 Å². The molecule has 0 spiro atoms. The summed E-state index contributed by atoms with van der Waals surface area (Å²) in [5.74, 6) is 5.39. The summed E-state index contributed by atoms with van der Waals surface area (Å²) < 4.78 is 0. The Hall–Kier alpha value is -0.410. The summed E-state index contributed by atoms with van der Waals surface area (Å²) in [5.41, 5.74) is 2.55. The molecule has 3 heteroatoms. The highest BCUT2D eigenvalue weighted by atomic mass is 16.1. The summed E-state index contributed by atoms with van der Waals surface area (Å²) in [4.78, 5) is 10.7. The van der Waals surface area contributed by atoms with Crippen molar-refractivity contribution in [2.45, 2.75) is 32.6 Å². The van der Waals surface area contributed by atoms with Gasteiger partial charge in [0.15, 0.2) is 0 Å². The van der Waals surface area contributed by atoms with Crippen LogP contribution < -0.4 is 11.3 Å². The Balaban J connectivity index is 2.96. The van der Waals surface area contributed by atoms with E-state index in [1.165, 1.54) is 0 Å². The molecule has 0 bridgehead atoms. The zero-order valence-corrected chi connectivity index (χ0v) is 6.52. The van der Waals surface area contributed by atoms with E-state index in [0.717, 1.165) is 19.4 Å². The lowest BCUT2D eigenvalue weighted by atomic mass is 10.1. The van der Waals surface area contributed by atoms with Crippen molar-refractivity contribution in [3.05, 3.63) is 0 Å². The third-order valence-electron chi connectivity index (χ3n) is 1.42. The van der Waals surface area contributed by atoms with Gasteiger partial charge in [0, 0.05) is 19.4 Å². The van der Waals surface area contributed by atoms with Crippen molar-refractivity contribution in [3.63, 3.8) is 0 Å². The molecule has 0 amide bonds. The second-order valence-corrected chi connectivity index (χ2v) is 2.30. The molecule has 0 heterocycles. The van der Waals surface area contributed by atoms with Crippen LogP contribution in [0.15, 0.2) is 0 Å². The van der Waals surface area contributed by atoms with E-state index in [4.69, 9.17) is 5.84 Å². The Labute approximate surface area is 62.0 Å². The standard InChI is InChI=1S/C7H16N2O/c1-2-7(10)5-3-4-6-9-8/h9H,2-6,8H2,1H3. The van der Waals surface area contributed by atoms with Gasteiger partial charge in [-0.1, -0.05) is 6.92 Å². The molecule has 0 saturated carbocycles. The first kappa shape index (κ1) is 9.59. The van der Waals surface area contributed by atoms with Gasteiger partial charge in [-0.3, -0.25) is 16.1 Å². The van der Waals surface area contributed by atoms with E-state index in [2.05, 4.69) is 5.43 Å². The lowest BCUT2D eigenvalue weighted by Gasteiger charge is -1.97. The quantitative estimate of drug-likeness (QED) is 0.326. The van der Waals surface area contributed by atoms with Crippen LogP contribution in [0.1, 0.15) is 32.6 Å². The van der Waals surface area contributed by atoms with E-state index < -0.39 is 0 Å². The van der Waals surface area contributed by atoms with Crippen LogP contribution in [-0.2, 0) is 4.79 Å². The molecule has 3 nitrogen and oxygen atoms in total. The van der Waals surface area contributed by atoms with Crippen LogP contribution in [-0.4, -0.2) is 12.3 Å². The van der Waals surface area contributed by atoms with Crippen LogP contribution in [0.25, 0.3) is 0 Å². The Morgan fingerprint density at radius 3 is 2.70 bits per heavy atom. The molecular weight excluding hydrogens is 128 g/mol. The number of hydrogen-bond acceptors (Lipinski definition) is 3.